The Hall–Kier alpha value is -1.71. The SMILES string of the molecule is Cc1cccc(C(=O)Nc2c(Cl)ccc(C)c2Cl)c1N. The third-order valence-electron chi connectivity index (χ3n) is 3.09. The standard InChI is InChI=1S/C15H14Cl2N2O/c1-8-6-7-11(16)14(12(8)17)19-15(20)10-5-3-4-9(2)13(10)18/h3-7H,18H2,1-2H3,(H,19,20). The van der Waals surface area contributed by atoms with E-state index in [1.807, 2.05) is 19.9 Å². The molecule has 0 aliphatic heterocycles. The fourth-order valence-corrected chi connectivity index (χ4v) is 2.30. The Morgan fingerprint density at radius 2 is 1.80 bits per heavy atom. The number of nitrogens with one attached hydrogen (secondary N) is 1. The Balaban J connectivity index is 2.38. The van der Waals surface area contributed by atoms with E-state index in [4.69, 9.17) is 28.9 Å². The van der Waals surface area contributed by atoms with E-state index >= 15 is 0 Å². The first-order chi connectivity index (χ1) is 9.41. The second-order valence-corrected chi connectivity index (χ2v) is 5.33. The van der Waals surface area contributed by atoms with Gasteiger partial charge in [0.1, 0.15) is 0 Å². The number of halogens is 2. The second-order valence-electron chi connectivity index (χ2n) is 4.54. The van der Waals surface area contributed by atoms with E-state index in [0.717, 1.165) is 11.1 Å². The van der Waals surface area contributed by atoms with Crippen LogP contribution in [0.3, 0.4) is 0 Å². The molecule has 0 aliphatic carbocycles. The van der Waals surface area contributed by atoms with Crippen LogP contribution >= 0.6 is 23.2 Å². The van der Waals surface area contributed by atoms with Gasteiger partial charge in [-0.1, -0.05) is 41.4 Å². The van der Waals surface area contributed by atoms with Crippen LogP contribution in [0.15, 0.2) is 30.3 Å². The molecule has 0 bridgehead atoms. The highest BCUT2D eigenvalue weighted by molar-refractivity contribution is 6.40. The topological polar surface area (TPSA) is 55.1 Å². The number of carbonyl (C=O) groups excluding carboxylic acids is 1. The van der Waals surface area contributed by atoms with Gasteiger partial charge >= 0.3 is 0 Å². The Morgan fingerprint density at radius 1 is 1.10 bits per heavy atom. The summed E-state index contributed by atoms with van der Waals surface area (Å²) >= 11 is 12.2. The maximum Gasteiger partial charge on any atom is 0.257 e. The molecule has 0 saturated heterocycles. The number of nitrogens with two attached hydrogens (primary N) is 1. The van der Waals surface area contributed by atoms with Crippen LogP contribution < -0.4 is 11.1 Å². The van der Waals surface area contributed by atoms with E-state index in [1.54, 1.807) is 24.3 Å². The van der Waals surface area contributed by atoms with E-state index in [1.165, 1.54) is 0 Å². The quantitative estimate of drug-likeness (QED) is 0.806. The van der Waals surface area contributed by atoms with E-state index in [2.05, 4.69) is 5.32 Å². The lowest BCUT2D eigenvalue weighted by Crippen LogP contribution is -2.15. The summed E-state index contributed by atoms with van der Waals surface area (Å²) in [5, 5.41) is 3.54. The molecule has 0 saturated carbocycles. The van der Waals surface area contributed by atoms with Gasteiger partial charge in [0.2, 0.25) is 0 Å². The number of hydrogen-bond acceptors (Lipinski definition) is 2. The van der Waals surface area contributed by atoms with Crippen molar-refractivity contribution in [2.45, 2.75) is 13.8 Å². The van der Waals surface area contributed by atoms with Crippen molar-refractivity contribution < 1.29 is 4.79 Å². The molecule has 1 amide bonds. The maximum absolute atomic E-state index is 12.3. The molecule has 2 aromatic carbocycles. The summed E-state index contributed by atoms with van der Waals surface area (Å²) in [6.07, 6.45) is 0. The third kappa shape index (κ3) is 2.74. The first-order valence-corrected chi connectivity index (χ1v) is 6.78. The molecule has 0 atom stereocenters. The van der Waals surface area contributed by atoms with Gasteiger partial charge in [0.15, 0.2) is 0 Å². The van der Waals surface area contributed by atoms with E-state index in [0.29, 0.717) is 27.0 Å². The predicted molar refractivity (Wildman–Crippen MR) is 84.7 cm³/mol. The van der Waals surface area contributed by atoms with Crippen LogP contribution in [0.25, 0.3) is 0 Å². The minimum atomic E-state index is -0.333. The van der Waals surface area contributed by atoms with Gasteiger partial charge in [-0.05, 0) is 37.1 Å². The number of anilines is 2. The van der Waals surface area contributed by atoms with Crippen molar-refractivity contribution in [2.24, 2.45) is 0 Å². The molecular formula is C15H14Cl2N2O. The smallest absolute Gasteiger partial charge is 0.257 e. The van der Waals surface area contributed by atoms with Gasteiger partial charge in [0.05, 0.1) is 21.3 Å². The first kappa shape index (κ1) is 14.7. The molecule has 0 spiro atoms. The minimum absolute atomic E-state index is 0.333. The number of para-hydroxylation sites is 1. The van der Waals surface area contributed by atoms with Crippen molar-refractivity contribution >= 4 is 40.5 Å². The van der Waals surface area contributed by atoms with Crippen molar-refractivity contribution in [3.63, 3.8) is 0 Å². The lowest BCUT2D eigenvalue weighted by molar-refractivity contribution is 0.102. The Morgan fingerprint density at radius 3 is 2.50 bits per heavy atom. The fourth-order valence-electron chi connectivity index (χ4n) is 1.83. The van der Waals surface area contributed by atoms with Crippen LogP contribution in [0, 0.1) is 13.8 Å². The number of nitrogen functional groups attached to an aromatic ring is 1. The monoisotopic (exact) mass is 308 g/mol. The molecule has 2 rings (SSSR count). The fraction of sp³-hybridized carbons (Fsp3) is 0.133. The number of rotatable bonds is 2. The molecule has 0 heterocycles. The van der Waals surface area contributed by atoms with E-state index in [-0.39, 0.29) is 5.91 Å². The molecule has 0 radical (unpaired) electrons. The van der Waals surface area contributed by atoms with Gasteiger partial charge in [-0.15, -0.1) is 0 Å². The summed E-state index contributed by atoms with van der Waals surface area (Å²) in [5.74, 6) is -0.333. The lowest BCUT2D eigenvalue weighted by Gasteiger charge is -2.13. The summed E-state index contributed by atoms with van der Waals surface area (Å²) in [6.45, 7) is 3.69. The molecule has 3 N–H and O–H groups in total. The maximum atomic E-state index is 12.3. The molecule has 0 aromatic heterocycles. The Bertz CT molecular complexity index is 684. The molecular weight excluding hydrogens is 295 g/mol. The van der Waals surface area contributed by atoms with Gasteiger partial charge in [0.25, 0.3) is 5.91 Å². The molecule has 2 aromatic rings. The zero-order valence-corrected chi connectivity index (χ0v) is 12.6. The largest absolute Gasteiger partial charge is 0.398 e. The van der Waals surface area contributed by atoms with Crippen molar-refractivity contribution in [3.05, 3.63) is 57.1 Å². The first-order valence-electron chi connectivity index (χ1n) is 6.03. The Kier molecular flexibility index (Phi) is 4.21. The van der Waals surface area contributed by atoms with Crippen molar-refractivity contribution in [1.29, 1.82) is 0 Å². The van der Waals surface area contributed by atoms with Crippen LogP contribution in [0.1, 0.15) is 21.5 Å². The number of carbonyl (C=O) groups is 1. The van der Waals surface area contributed by atoms with Gasteiger partial charge in [-0.25, -0.2) is 0 Å². The lowest BCUT2D eigenvalue weighted by atomic mass is 10.1. The summed E-state index contributed by atoms with van der Waals surface area (Å²) in [5.41, 5.74) is 8.85. The molecule has 3 nitrogen and oxygen atoms in total. The van der Waals surface area contributed by atoms with Gasteiger partial charge in [-0.2, -0.15) is 0 Å². The molecule has 104 valence electrons. The van der Waals surface area contributed by atoms with Gasteiger partial charge in [0, 0.05) is 5.69 Å². The highest BCUT2D eigenvalue weighted by Crippen LogP contribution is 2.33. The summed E-state index contributed by atoms with van der Waals surface area (Å²) in [4.78, 5) is 12.3. The zero-order chi connectivity index (χ0) is 14.9. The number of benzene rings is 2. The highest BCUT2D eigenvalue weighted by Gasteiger charge is 2.15. The molecule has 5 heteroatoms. The number of amides is 1. The molecule has 20 heavy (non-hydrogen) atoms. The van der Waals surface area contributed by atoms with E-state index in [9.17, 15) is 4.79 Å². The number of hydrogen-bond donors (Lipinski definition) is 2. The summed E-state index contributed by atoms with van der Waals surface area (Å²) in [6, 6.07) is 8.77. The van der Waals surface area contributed by atoms with Crippen LogP contribution in [-0.4, -0.2) is 5.91 Å². The second kappa shape index (κ2) is 5.73. The predicted octanol–water partition coefficient (Wildman–Crippen LogP) is 4.44. The average Bonchev–Trinajstić information content (AvgIpc) is 2.42. The zero-order valence-electron chi connectivity index (χ0n) is 11.1. The number of aryl methyl sites for hydroxylation is 2. The van der Waals surface area contributed by atoms with Crippen LogP contribution in [0.4, 0.5) is 11.4 Å². The minimum Gasteiger partial charge on any atom is -0.398 e. The summed E-state index contributed by atoms with van der Waals surface area (Å²) in [7, 11) is 0. The van der Waals surface area contributed by atoms with Crippen molar-refractivity contribution in [1.82, 2.24) is 0 Å². The van der Waals surface area contributed by atoms with Gasteiger partial charge in [-0.3, -0.25) is 4.79 Å². The normalized spacial score (nSPS) is 10.4. The molecule has 0 unspecified atom stereocenters. The van der Waals surface area contributed by atoms with E-state index < -0.39 is 0 Å². The van der Waals surface area contributed by atoms with Crippen LogP contribution in [0.2, 0.25) is 10.0 Å². The molecule has 0 aliphatic rings. The Labute approximate surface area is 127 Å². The van der Waals surface area contributed by atoms with Gasteiger partial charge < -0.3 is 11.1 Å². The van der Waals surface area contributed by atoms with Crippen LogP contribution in [-0.2, 0) is 0 Å². The molecule has 0 fully saturated rings. The third-order valence-corrected chi connectivity index (χ3v) is 3.89. The van der Waals surface area contributed by atoms with Crippen molar-refractivity contribution in [2.75, 3.05) is 11.1 Å². The summed E-state index contributed by atoms with van der Waals surface area (Å²) < 4.78 is 0. The van der Waals surface area contributed by atoms with Crippen molar-refractivity contribution in [3.8, 4) is 0 Å². The average molecular weight is 309 g/mol. The highest BCUT2D eigenvalue weighted by atomic mass is 35.5. The van der Waals surface area contributed by atoms with Crippen LogP contribution in [0.5, 0.6) is 0 Å².